The molecule has 4 nitrogen and oxygen atoms in total. The van der Waals surface area contributed by atoms with Crippen LogP contribution >= 0.6 is 0 Å². The van der Waals surface area contributed by atoms with E-state index in [2.05, 4.69) is 10.3 Å². The maximum atomic E-state index is 12.6. The predicted octanol–water partition coefficient (Wildman–Crippen LogP) is 2.41. The van der Waals surface area contributed by atoms with Crippen LogP contribution in [0.5, 0.6) is 0 Å². The van der Waals surface area contributed by atoms with E-state index in [1.807, 2.05) is 42.5 Å². The molecule has 0 spiro atoms. The van der Waals surface area contributed by atoms with Gasteiger partial charge < -0.3 is 11.1 Å². The Morgan fingerprint density at radius 1 is 1.09 bits per heavy atom. The van der Waals surface area contributed by atoms with Gasteiger partial charge in [-0.15, -0.1) is 0 Å². The summed E-state index contributed by atoms with van der Waals surface area (Å²) in [6, 6.07) is 13.9. The van der Waals surface area contributed by atoms with Crippen molar-refractivity contribution < 1.29 is 4.79 Å². The van der Waals surface area contributed by atoms with Crippen molar-refractivity contribution in [3.63, 3.8) is 0 Å². The van der Waals surface area contributed by atoms with Crippen molar-refractivity contribution in [2.45, 2.75) is 31.3 Å². The van der Waals surface area contributed by atoms with E-state index >= 15 is 0 Å². The van der Waals surface area contributed by atoms with Crippen LogP contribution in [0.15, 0.2) is 54.9 Å². The molecule has 1 aliphatic carbocycles. The first kappa shape index (κ1) is 14.7. The highest BCUT2D eigenvalue weighted by Gasteiger charge is 2.29. The van der Waals surface area contributed by atoms with Crippen molar-refractivity contribution in [2.24, 2.45) is 11.7 Å². The smallest absolute Gasteiger partial charge is 0.223 e. The van der Waals surface area contributed by atoms with Gasteiger partial charge in [0.15, 0.2) is 0 Å². The number of hydrogen-bond donors (Lipinski definition) is 2. The van der Waals surface area contributed by atoms with E-state index in [9.17, 15) is 4.79 Å². The Labute approximate surface area is 130 Å². The minimum Gasteiger partial charge on any atom is -0.345 e. The van der Waals surface area contributed by atoms with Crippen LogP contribution in [-0.2, 0) is 4.79 Å². The first-order chi connectivity index (χ1) is 10.7. The summed E-state index contributed by atoms with van der Waals surface area (Å²) in [7, 11) is 0. The molecule has 1 aliphatic rings. The van der Waals surface area contributed by atoms with Gasteiger partial charge in [-0.05, 0) is 42.5 Å². The van der Waals surface area contributed by atoms with Crippen molar-refractivity contribution in [1.82, 2.24) is 10.3 Å². The van der Waals surface area contributed by atoms with E-state index in [4.69, 9.17) is 5.73 Å². The molecule has 0 aliphatic heterocycles. The Balaban J connectivity index is 1.82. The van der Waals surface area contributed by atoms with Crippen molar-refractivity contribution in [1.29, 1.82) is 0 Å². The molecule has 3 N–H and O–H groups in total. The largest absolute Gasteiger partial charge is 0.345 e. The van der Waals surface area contributed by atoms with Gasteiger partial charge >= 0.3 is 0 Å². The lowest BCUT2D eigenvalue weighted by Gasteiger charge is -2.22. The second kappa shape index (κ2) is 6.71. The summed E-state index contributed by atoms with van der Waals surface area (Å²) in [5, 5.41) is 3.19. The minimum atomic E-state index is -0.145. The Morgan fingerprint density at radius 3 is 2.41 bits per heavy atom. The molecule has 1 aromatic carbocycles. The van der Waals surface area contributed by atoms with Gasteiger partial charge in [0.05, 0.1) is 6.04 Å². The topological polar surface area (TPSA) is 68.0 Å². The summed E-state index contributed by atoms with van der Waals surface area (Å²) in [5.74, 6) is 0.127. The third-order valence-electron chi connectivity index (χ3n) is 4.30. The lowest BCUT2D eigenvalue weighted by Crippen LogP contribution is -2.34. The highest BCUT2D eigenvalue weighted by molar-refractivity contribution is 5.80. The highest BCUT2D eigenvalue weighted by Crippen LogP contribution is 2.27. The van der Waals surface area contributed by atoms with Gasteiger partial charge in [-0.1, -0.05) is 30.3 Å². The number of carbonyl (C=O) groups is 1. The minimum absolute atomic E-state index is 0.0306. The Morgan fingerprint density at radius 2 is 1.77 bits per heavy atom. The standard InChI is InChI=1S/C18H21N3O/c19-16-7-6-15(12-16)18(22)21-17(13-4-2-1-3-5-13)14-8-10-20-11-9-14/h1-5,8-11,15-17H,6-7,12,19H2,(H,21,22). The van der Waals surface area contributed by atoms with Gasteiger partial charge in [0.25, 0.3) is 0 Å². The zero-order valence-corrected chi connectivity index (χ0v) is 12.5. The molecular weight excluding hydrogens is 274 g/mol. The van der Waals surface area contributed by atoms with Crippen LogP contribution in [0.3, 0.4) is 0 Å². The van der Waals surface area contributed by atoms with Crippen molar-refractivity contribution in [2.75, 3.05) is 0 Å². The summed E-state index contributed by atoms with van der Waals surface area (Å²) in [4.78, 5) is 16.6. The van der Waals surface area contributed by atoms with Gasteiger partial charge in [-0.2, -0.15) is 0 Å². The van der Waals surface area contributed by atoms with Crippen LogP contribution < -0.4 is 11.1 Å². The highest BCUT2D eigenvalue weighted by atomic mass is 16.1. The number of pyridine rings is 1. The SMILES string of the molecule is NC1CCC(C(=O)NC(c2ccccc2)c2ccncc2)C1. The molecular formula is C18H21N3O. The van der Waals surface area contributed by atoms with Crippen LogP contribution in [-0.4, -0.2) is 16.9 Å². The van der Waals surface area contributed by atoms with Crippen molar-refractivity contribution in [3.8, 4) is 0 Å². The van der Waals surface area contributed by atoms with Crippen LogP contribution in [0.4, 0.5) is 0 Å². The molecule has 0 bridgehead atoms. The Hall–Kier alpha value is -2.20. The van der Waals surface area contributed by atoms with Crippen LogP contribution in [0.2, 0.25) is 0 Å². The molecule has 3 atom stereocenters. The maximum Gasteiger partial charge on any atom is 0.223 e. The first-order valence-corrected chi connectivity index (χ1v) is 7.75. The molecule has 1 amide bonds. The number of carbonyl (C=O) groups excluding carboxylic acids is 1. The monoisotopic (exact) mass is 295 g/mol. The van der Waals surface area contributed by atoms with E-state index in [1.165, 1.54) is 0 Å². The van der Waals surface area contributed by atoms with Gasteiger partial charge in [-0.25, -0.2) is 0 Å². The number of benzene rings is 1. The second-order valence-electron chi connectivity index (χ2n) is 5.90. The molecule has 0 saturated heterocycles. The van der Waals surface area contributed by atoms with E-state index in [0.717, 1.165) is 30.4 Å². The number of nitrogens with one attached hydrogen (secondary N) is 1. The average Bonchev–Trinajstić information content (AvgIpc) is 3.01. The fraction of sp³-hybridized carbons (Fsp3) is 0.333. The van der Waals surface area contributed by atoms with Gasteiger partial charge in [0.1, 0.15) is 0 Å². The third kappa shape index (κ3) is 3.34. The predicted molar refractivity (Wildman–Crippen MR) is 86.0 cm³/mol. The van der Waals surface area contributed by atoms with Gasteiger partial charge in [0.2, 0.25) is 5.91 Å². The fourth-order valence-corrected chi connectivity index (χ4v) is 3.08. The number of amides is 1. The zero-order chi connectivity index (χ0) is 15.4. The summed E-state index contributed by atoms with van der Waals surface area (Å²) >= 11 is 0. The van der Waals surface area contributed by atoms with Crippen LogP contribution in [0.25, 0.3) is 0 Å². The summed E-state index contributed by atoms with van der Waals surface area (Å²) in [5.41, 5.74) is 8.04. The normalized spacial score (nSPS) is 22.2. The molecule has 22 heavy (non-hydrogen) atoms. The van der Waals surface area contributed by atoms with E-state index in [0.29, 0.717) is 0 Å². The Kier molecular flexibility index (Phi) is 4.49. The molecule has 114 valence electrons. The molecule has 3 unspecified atom stereocenters. The molecule has 2 aromatic rings. The number of rotatable bonds is 4. The van der Waals surface area contributed by atoms with E-state index in [1.54, 1.807) is 12.4 Å². The number of nitrogens with two attached hydrogens (primary N) is 1. The fourth-order valence-electron chi connectivity index (χ4n) is 3.08. The van der Waals surface area contributed by atoms with Gasteiger partial charge in [-0.3, -0.25) is 9.78 Å². The van der Waals surface area contributed by atoms with Crippen molar-refractivity contribution >= 4 is 5.91 Å². The average molecular weight is 295 g/mol. The lowest BCUT2D eigenvalue weighted by atomic mass is 9.98. The molecule has 0 radical (unpaired) electrons. The Bertz CT molecular complexity index is 575. The summed E-state index contributed by atoms with van der Waals surface area (Å²) in [6.45, 7) is 0. The van der Waals surface area contributed by atoms with Crippen LogP contribution in [0.1, 0.15) is 36.4 Å². The quantitative estimate of drug-likeness (QED) is 0.910. The second-order valence-corrected chi connectivity index (χ2v) is 5.90. The van der Waals surface area contributed by atoms with E-state index in [-0.39, 0.29) is 23.9 Å². The first-order valence-electron chi connectivity index (χ1n) is 7.75. The summed E-state index contributed by atoms with van der Waals surface area (Å²) in [6.07, 6.45) is 6.10. The van der Waals surface area contributed by atoms with Gasteiger partial charge in [0, 0.05) is 24.4 Å². The number of aromatic nitrogens is 1. The van der Waals surface area contributed by atoms with Crippen molar-refractivity contribution in [3.05, 3.63) is 66.0 Å². The van der Waals surface area contributed by atoms with E-state index < -0.39 is 0 Å². The molecule has 1 fully saturated rings. The molecule has 1 heterocycles. The molecule has 1 saturated carbocycles. The molecule has 1 aromatic heterocycles. The van der Waals surface area contributed by atoms with Crippen LogP contribution in [0, 0.1) is 5.92 Å². The zero-order valence-electron chi connectivity index (χ0n) is 12.5. The molecule has 4 heteroatoms. The molecule has 3 rings (SSSR count). The maximum absolute atomic E-state index is 12.6. The number of nitrogens with zero attached hydrogens (tertiary/aromatic N) is 1. The number of hydrogen-bond acceptors (Lipinski definition) is 3. The third-order valence-corrected chi connectivity index (χ3v) is 4.30. The summed E-state index contributed by atoms with van der Waals surface area (Å²) < 4.78 is 0. The lowest BCUT2D eigenvalue weighted by molar-refractivity contribution is -0.125.